The zero-order chi connectivity index (χ0) is 13.1. The van der Waals surface area contributed by atoms with Crippen LogP contribution in [0.25, 0.3) is 0 Å². The standard InChI is InChI=1S/C13H19N3O2/c1-8-12(5-9(14)7-15-8)13(17)16-10-3-4-11(6-10)18-2/h5,7,10-11H,3-4,6,14H2,1-2H3,(H,16,17). The van der Waals surface area contributed by atoms with Crippen LogP contribution < -0.4 is 11.1 Å². The number of pyridine rings is 1. The number of nitrogens with two attached hydrogens (primary N) is 1. The van der Waals surface area contributed by atoms with Crippen molar-refractivity contribution in [3.8, 4) is 0 Å². The van der Waals surface area contributed by atoms with Gasteiger partial charge in [0.25, 0.3) is 5.91 Å². The van der Waals surface area contributed by atoms with E-state index in [4.69, 9.17) is 10.5 Å². The zero-order valence-electron chi connectivity index (χ0n) is 10.8. The number of aromatic nitrogens is 1. The Morgan fingerprint density at radius 3 is 3.00 bits per heavy atom. The average Bonchev–Trinajstić information content (AvgIpc) is 2.80. The van der Waals surface area contributed by atoms with Gasteiger partial charge in [0, 0.05) is 13.2 Å². The molecule has 0 saturated heterocycles. The molecular weight excluding hydrogens is 230 g/mol. The quantitative estimate of drug-likeness (QED) is 0.845. The maximum Gasteiger partial charge on any atom is 0.253 e. The van der Waals surface area contributed by atoms with Gasteiger partial charge in [0.15, 0.2) is 0 Å². The minimum Gasteiger partial charge on any atom is -0.397 e. The van der Waals surface area contributed by atoms with E-state index in [1.165, 1.54) is 0 Å². The van der Waals surface area contributed by atoms with Crippen LogP contribution in [0.1, 0.15) is 35.3 Å². The van der Waals surface area contributed by atoms with Crippen LogP contribution in [0.15, 0.2) is 12.3 Å². The average molecular weight is 249 g/mol. The number of nitrogens with one attached hydrogen (secondary N) is 1. The maximum atomic E-state index is 12.1. The van der Waals surface area contributed by atoms with Gasteiger partial charge in [-0.3, -0.25) is 9.78 Å². The first kappa shape index (κ1) is 12.8. The molecule has 0 aliphatic heterocycles. The number of methoxy groups -OCH3 is 1. The molecule has 1 aromatic heterocycles. The Kier molecular flexibility index (Phi) is 3.81. The van der Waals surface area contributed by atoms with Crippen LogP contribution in [0.3, 0.4) is 0 Å². The van der Waals surface area contributed by atoms with Gasteiger partial charge >= 0.3 is 0 Å². The van der Waals surface area contributed by atoms with E-state index in [9.17, 15) is 4.79 Å². The van der Waals surface area contributed by atoms with Crippen LogP contribution in [0, 0.1) is 6.92 Å². The van der Waals surface area contributed by atoms with Crippen molar-refractivity contribution in [2.45, 2.75) is 38.3 Å². The topological polar surface area (TPSA) is 77.2 Å². The Balaban J connectivity index is 2.02. The summed E-state index contributed by atoms with van der Waals surface area (Å²) in [7, 11) is 1.71. The molecule has 18 heavy (non-hydrogen) atoms. The van der Waals surface area contributed by atoms with Crippen LogP contribution in [0.5, 0.6) is 0 Å². The third-order valence-corrected chi connectivity index (χ3v) is 3.41. The number of rotatable bonds is 3. The van der Waals surface area contributed by atoms with E-state index in [1.54, 1.807) is 26.3 Å². The third-order valence-electron chi connectivity index (χ3n) is 3.41. The fraction of sp³-hybridized carbons (Fsp3) is 0.538. The maximum absolute atomic E-state index is 12.1. The van der Waals surface area contributed by atoms with Gasteiger partial charge in [-0.2, -0.15) is 0 Å². The smallest absolute Gasteiger partial charge is 0.253 e. The van der Waals surface area contributed by atoms with Crippen molar-refractivity contribution in [2.24, 2.45) is 0 Å². The number of aryl methyl sites for hydroxylation is 1. The normalized spacial score (nSPS) is 23.0. The Hall–Kier alpha value is -1.62. The minimum absolute atomic E-state index is 0.103. The Bertz CT molecular complexity index is 448. The molecule has 3 N–H and O–H groups in total. The summed E-state index contributed by atoms with van der Waals surface area (Å²) in [6, 6.07) is 1.85. The lowest BCUT2D eigenvalue weighted by Crippen LogP contribution is -2.34. The molecule has 0 radical (unpaired) electrons. The van der Waals surface area contributed by atoms with Crippen molar-refractivity contribution in [1.82, 2.24) is 10.3 Å². The fourth-order valence-electron chi connectivity index (χ4n) is 2.33. The van der Waals surface area contributed by atoms with Crippen molar-refractivity contribution in [1.29, 1.82) is 0 Å². The summed E-state index contributed by atoms with van der Waals surface area (Å²) in [6.45, 7) is 1.81. The van der Waals surface area contributed by atoms with Crippen molar-refractivity contribution >= 4 is 11.6 Å². The number of nitrogens with zero attached hydrogens (tertiary/aromatic N) is 1. The second-order valence-electron chi connectivity index (χ2n) is 4.74. The first-order chi connectivity index (χ1) is 8.60. The van der Waals surface area contributed by atoms with Gasteiger partial charge in [-0.25, -0.2) is 0 Å². The molecule has 2 rings (SSSR count). The van der Waals surface area contributed by atoms with E-state index in [0.29, 0.717) is 16.9 Å². The number of ether oxygens (including phenoxy) is 1. The lowest BCUT2D eigenvalue weighted by molar-refractivity contribution is 0.0914. The number of hydrogen-bond acceptors (Lipinski definition) is 4. The monoisotopic (exact) mass is 249 g/mol. The number of amides is 1. The molecule has 1 aliphatic carbocycles. The van der Waals surface area contributed by atoms with Crippen LogP contribution in [-0.4, -0.2) is 30.1 Å². The van der Waals surface area contributed by atoms with Gasteiger partial charge in [-0.1, -0.05) is 0 Å². The Labute approximate surface area is 107 Å². The number of hydrogen-bond donors (Lipinski definition) is 2. The highest BCUT2D eigenvalue weighted by Gasteiger charge is 2.26. The van der Waals surface area contributed by atoms with Crippen LogP contribution in [0.4, 0.5) is 5.69 Å². The molecule has 0 spiro atoms. The molecule has 5 nitrogen and oxygen atoms in total. The van der Waals surface area contributed by atoms with Crippen LogP contribution in [-0.2, 0) is 4.74 Å². The Morgan fingerprint density at radius 2 is 2.33 bits per heavy atom. The molecular formula is C13H19N3O2. The van der Waals surface area contributed by atoms with Crippen molar-refractivity contribution < 1.29 is 9.53 Å². The summed E-state index contributed by atoms with van der Waals surface area (Å²) < 4.78 is 5.29. The molecule has 1 fully saturated rings. The van der Waals surface area contributed by atoms with Crippen molar-refractivity contribution in [3.05, 3.63) is 23.5 Å². The summed E-state index contributed by atoms with van der Waals surface area (Å²) in [5.41, 5.74) is 7.41. The first-order valence-electron chi connectivity index (χ1n) is 6.16. The first-order valence-corrected chi connectivity index (χ1v) is 6.16. The van der Waals surface area contributed by atoms with E-state index < -0.39 is 0 Å². The fourth-order valence-corrected chi connectivity index (χ4v) is 2.33. The van der Waals surface area contributed by atoms with Gasteiger partial charge < -0.3 is 15.8 Å². The second-order valence-corrected chi connectivity index (χ2v) is 4.74. The number of carbonyl (C=O) groups is 1. The Morgan fingerprint density at radius 1 is 1.56 bits per heavy atom. The van der Waals surface area contributed by atoms with E-state index in [2.05, 4.69) is 10.3 Å². The number of nitrogen functional groups attached to an aromatic ring is 1. The molecule has 1 aliphatic rings. The molecule has 1 aromatic rings. The molecule has 0 aromatic carbocycles. The molecule has 1 heterocycles. The summed E-state index contributed by atoms with van der Waals surface area (Å²) in [5, 5.41) is 3.01. The van der Waals surface area contributed by atoms with Gasteiger partial charge in [0.2, 0.25) is 0 Å². The summed E-state index contributed by atoms with van der Waals surface area (Å²) in [4.78, 5) is 16.2. The van der Waals surface area contributed by atoms with Gasteiger partial charge in [0.05, 0.1) is 29.2 Å². The zero-order valence-corrected chi connectivity index (χ0v) is 10.8. The summed E-state index contributed by atoms with van der Waals surface area (Å²) in [5.74, 6) is -0.103. The number of carbonyl (C=O) groups excluding carboxylic acids is 1. The predicted molar refractivity (Wildman–Crippen MR) is 69.3 cm³/mol. The third kappa shape index (κ3) is 2.79. The molecule has 1 saturated carbocycles. The van der Waals surface area contributed by atoms with Crippen molar-refractivity contribution in [3.63, 3.8) is 0 Å². The summed E-state index contributed by atoms with van der Waals surface area (Å²) in [6.07, 6.45) is 4.64. The SMILES string of the molecule is COC1CCC(NC(=O)c2cc(N)cnc2C)C1. The highest BCUT2D eigenvalue weighted by Crippen LogP contribution is 2.22. The lowest BCUT2D eigenvalue weighted by atomic mass is 10.1. The lowest BCUT2D eigenvalue weighted by Gasteiger charge is -2.14. The second kappa shape index (κ2) is 5.35. The summed E-state index contributed by atoms with van der Waals surface area (Å²) >= 11 is 0. The number of anilines is 1. The van der Waals surface area contributed by atoms with E-state index in [0.717, 1.165) is 19.3 Å². The van der Waals surface area contributed by atoms with Crippen LogP contribution in [0.2, 0.25) is 0 Å². The van der Waals surface area contributed by atoms with E-state index >= 15 is 0 Å². The molecule has 98 valence electrons. The van der Waals surface area contributed by atoms with Crippen molar-refractivity contribution in [2.75, 3.05) is 12.8 Å². The molecule has 2 atom stereocenters. The van der Waals surface area contributed by atoms with Crippen LogP contribution >= 0.6 is 0 Å². The highest BCUT2D eigenvalue weighted by atomic mass is 16.5. The predicted octanol–water partition coefficient (Wildman–Crippen LogP) is 1.27. The largest absolute Gasteiger partial charge is 0.397 e. The molecule has 1 amide bonds. The molecule has 5 heteroatoms. The van der Waals surface area contributed by atoms with Gasteiger partial charge in [0.1, 0.15) is 0 Å². The minimum atomic E-state index is -0.103. The van der Waals surface area contributed by atoms with E-state index in [-0.39, 0.29) is 18.1 Å². The molecule has 0 bridgehead atoms. The molecule has 2 unspecified atom stereocenters. The van der Waals surface area contributed by atoms with E-state index in [1.807, 2.05) is 0 Å². The highest BCUT2D eigenvalue weighted by molar-refractivity contribution is 5.96. The van der Waals surface area contributed by atoms with Gasteiger partial charge in [-0.15, -0.1) is 0 Å². The van der Waals surface area contributed by atoms with Gasteiger partial charge in [-0.05, 0) is 32.3 Å².